The second-order valence-electron chi connectivity index (χ2n) is 3.11. The van der Waals surface area contributed by atoms with Crippen molar-refractivity contribution in [2.45, 2.75) is 0 Å². The summed E-state index contributed by atoms with van der Waals surface area (Å²) in [4.78, 5) is 14.2. The minimum atomic E-state index is 0.130. The molecule has 0 radical (unpaired) electrons. The number of hydrogen-bond donors (Lipinski definition) is 0. The fraction of sp³-hybridized carbons (Fsp3) is 0.889. The van der Waals surface area contributed by atoms with Crippen LogP contribution in [-0.2, 0) is 9.47 Å². The van der Waals surface area contributed by atoms with E-state index in [4.69, 9.17) is 0 Å². The molecule has 2 amide bonds. The van der Waals surface area contributed by atoms with Gasteiger partial charge in [0.1, 0.15) is 0 Å². The van der Waals surface area contributed by atoms with Gasteiger partial charge >= 0.3 is 6.03 Å². The Morgan fingerprint density at radius 2 is 1.43 bits per heavy atom. The number of ether oxygens (including phenoxy) is 2. The van der Waals surface area contributed by atoms with Gasteiger partial charge in [-0.15, -0.1) is 0 Å². The fourth-order valence-corrected chi connectivity index (χ4v) is 0.949. The summed E-state index contributed by atoms with van der Waals surface area (Å²) in [7, 11) is 6.93. The van der Waals surface area contributed by atoms with E-state index in [1.165, 1.54) is 0 Å². The summed E-state index contributed by atoms with van der Waals surface area (Å²) in [6.45, 7) is 3.12. The minimum absolute atomic E-state index is 0.130. The Balaban J connectivity index is 0.000000255. The van der Waals surface area contributed by atoms with Crippen molar-refractivity contribution in [3.05, 3.63) is 0 Å². The van der Waals surface area contributed by atoms with Crippen LogP contribution in [-0.4, -0.2) is 70.4 Å². The Morgan fingerprint density at radius 3 is 1.57 bits per heavy atom. The van der Waals surface area contributed by atoms with Gasteiger partial charge < -0.3 is 19.3 Å². The number of nitrogens with zero attached hydrogens (tertiary/aromatic N) is 2. The molecule has 0 aromatic heterocycles. The molecular weight excluding hydrogens is 184 g/mol. The third-order valence-electron chi connectivity index (χ3n) is 1.92. The molecule has 0 aromatic carbocycles. The summed E-state index contributed by atoms with van der Waals surface area (Å²) in [5.74, 6) is 0. The molecule has 0 unspecified atom stereocenters. The molecule has 5 nitrogen and oxygen atoms in total. The number of hydrogen-bond acceptors (Lipinski definition) is 3. The van der Waals surface area contributed by atoms with E-state index in [0.29, 0.717) is 13.2 Å². The van der Waals surface area contributed by atoms with E-state index >= 15 is 0 Å². The highest BCUT2D eigenvalue weighted by atomic mass is 16.5. The summed E-state index contributed by atoms with van der Waals surface area (Å²) in [5.41, 5.74) is 0. The lowest BCUT2D eigenvalue weighted by atomic mass is 10.6. The Morgan fingerprint density at radius 1 is 1.07 bits per heavy atom. The molecule has 0 aliphatic carbocycles. The molecule has 0 aromatic rings. The van der Waals surface area contributed by atoms with E-state index in [0.717, 1.165) is 13.1 Å². The standard InChI is InChI=1S/C5H10N2O.C4H10O2/c1-6-3-4-7(2)5(6)8;1-5-3-4-6-2/h3-4H2,1-2H3;3-4H2,1-2H3. The van der Waals surface area contributed by atoms with Crippen molar-refractivity contribution in [1.29, 1.82) is 0 Å². The lowest BCUT2D eigenvalue weighted by molar-refractivity contribution is 0.103. The van der Waals surface area contributed by atoms with E-state index in [-0.39, 0.29) is 6.03 Å². The molecule has 1 fully saturated rings. The molecule has 14 heavy (non-hydrogen) atoms. The molecule has 84 valence electrons. The number of likely N-dealkylation sites (N-methyl/N-ethyl adjacent to an activating group) is 2. The van der Waals surface area contributed by atoms with Gasteiger partial charge in [-0.2, -0.15) is 0 Å². The Hall–Kier alpha value is -0.810. The summed E-state index contributed by atoms with van der Waals surface area (Å²) in [6, 6.07) is 0.130. The predicted molar refractivity (Wildman–Crippen MR) is 54.4 cm³/mol. The molecule has 5 heteroatoms. The number of carbonyl (C=O) groups excluding carboxylic acids is 1. The predicted octanol–water partition coefficient (Wildman–Crippen LogP) is 0.263. The van der Waals surface area contributed by atoms with Crippen LogP contribution in [0.4, 0.5) is 4.79 Å². The van der Waals surface area contributed by atoms with Crippen LogP contribution >= 0.6 is 0 Å². The van der Waals surface area contributed by atoms with E-state index in [1.54, 1.807) is 24.0 Å². The Labute approximate surface area is 85.6 Å². The van der Waals surface area contributed by atoms with Crippen LogP contribution in [0.2, 0.25) is 0 Å². The van der Waals surface area contributed by atoms with Crippen LogP contribution in [0.3, 0.4) is 0 Å². The van der Waals surface area contributed by atoms with Crippen molar-refractivity contribution in [2.75, 3.05) is 54.6 Å². The molecule has 0 N–H and O–H groups in total. The van der Waals surface area contributed by atoms with Crippen molar-refractivity contribution in [3.63, 3.8) is 0 Å². The second-order valence-corrected chi connectivity index (χ2v) is 3.11. The molecule has 1 rings (SSSR count). The lowest BCUT2D eigenvalue weighted by Crippen LogP contribution is -2.25. The third-order valence-corrected chi connectivity index (χ3v) is 1.92. The number of methoxy groups -OCH3 is 2. The van der Waals surface area contributed by atoms with Gasteiger partial charge in [-0.25, -0.2) is 4.79 Å². The topological polar surface area (TPSA) is 42.0 Å². The zero-order chi connectivity index (χ0) is 11.0. The van der Waals surface area contributed by atoms with Crippen molar-refractivity contribution in [2.24, 2.45) is 0 Å². The first-order valence-electron chi connectivity index (χ1n) is 4.57. The highest BCUT2D eigenvalue weighted by molar-refractivity contribution is 5.75. The van der Waals surface area contributed by atoms with Crippen LogP contribution in [0.15, 0.2) is 0 Å². The van der Waals surface area contributed by atoms with Gasteiger partial charge in [0.15, 0.2) is 0 Å². The average molecular weight is 204 g/mol. The summed E-state index contributed by atoms with van der Waals surface area (Å²) in [5, 5.41) is 0. The van der Waals surface area contributed by atoms with Crippen LogP contribution in [0.1, 0.15) is 0 Å². The van der Waals surface area contributed by atoms with Gasteiger partial charge in [-0.05, 0) is 0 Å². The summed E-state index contributed by atoms with van der Waals surface area (Å²) < 4.78 is 9.31. The first-order valence-corrected chi connectivity index (χ1v) is 4.57. The van der Waals surface area contributed by atoms with Gasteiger partial charge in [0.05, 0.1) is 13.2 Å². The summed E-state index contributed by atoms with van der Waals surface area (Å²) in [6.07, 6.45) is 0. The van der Waals surface area contributed by atoms with Crippen LogP contribution in [0, 0.1) is 0 Å². The summed E-state index contributed by atoms with van der Waals surface area (Å²) >= 11 is 0. The van der Waals surface area contributed by atoms with Gasteiger partial charge in [0.25, 0.3) is 0 Å². The zero-order valence-electron chi connectivity index (χ0n) is 9.45. The molecule has 0 bridgehead atoms. The first kappa shape index (κ1) is 13.2. The van der Waals surface area contributed by atoms with Crippen molar-refractivity contribution < 1.29 is 14.3 Å². The molecule has 1 aliphatic heterocycles. The highest BCUT2D eigenvalue weighted by Crippen LogP contribution is 2.00. The SMILES string of the molecule is CN1CCN(C)C1=O.COCCOC. The van der Waals surface area contributed by atoms with Crippen LogP contribution in [0.5, 0.6) is 0 Å². The molecule has 0 atom stereocenters. The van der Waals surface area contributed by atoms with Gasteiger partial charge in [-0.3, -0.25) is 0 Å². The van der Waals surface area contributed by atoms with E-state index < -0.39 is 0 Å². The highest BCUT2D eigenvalue weighted by Gasteiger charge is 2.20. The van der Waals surface area contributed by atoms with Gasteiger partial charge in [-0.1, -0.05) is 0 Å². The zero-order valence-corrected chi connectivity index (χ0v) is 9.45. The Bertz CT molecular complexity index is 148. The Kier molecular flexibility index (Phi) is 7.14. The average Bonchev–Trinajstić information content (AvgIpc) is 2.47. The first-order chi connectivity index (χ1) is 6.63. The number of urea groups is 1. The van der Waals surface area contributed by atoms with Crippen molar-refractivity contribution in [3.8, 4) is 0 Å². The number of carbonyl (C=O) groups is 1. The normalized spacial score (nSPS) is 15.6. The van der Waals surface area contributed by atoms with E-state index in [2.05, 4.69) is 9.47 Å². The largest absolute Gasteiger partial charge is 0.382 e. The van der Waals surface area contributed by atoms with Crippen LogP contribution < -0.4 is 0 Å². The van der Waals surface area contributed by atoms with Gasteiger partial charge in [0.2, 0.25) is 0 Å². The van der Waals surface area contributed by atoms with Crippen LogP contribution in [0.25, 0.3) is 0 Å². The molecule has 0 spiro atoms. The molecule has 1 saturated heterocycles. The number of rotatable bonds is 3. The van der Waals surface area contributed by atoms with E-state index in [1.807, 2.05) is 14.1 Å². The maximum atomic E-state index is 10.8. The minimum Gasteiger partial charge on any atom is -0.382 e. The maximum absolute atomic E-state index is 10.8. The molecule has 1 aliphatic rings. The second kappa shape index (κ2) is 7.58. The quantitative estimate of drug-likeness (QED) is 0.619. The number of amides is 2. The molecule has 0 saturated carbocycles. The molecular formula is C9H20N2O3. The van der Waals surface area contributed by atoms with Crippen molar-refractivity contribution >= 4 is 6.03 Å². The lowest BCUT2D eigenvalue weighted by Gasteiger charge is -2.07. The monoisotopic (exact) mass is 204 g/mol. The van der Waals surface area contributed by atoms with E-state index in [9.17, 15) is 4.79 Å². The van der Waals surface area contributed by atoms with Gasteiger partial charge in [0, 0.05) is 41.4 Å². The fourth-order valence-electron chi connectivity index (χ4n) is 0.949. The third kappa shape index (κ3) is 5.04. The molecule has 1 heterocycles. The van der Waals surface area contributed by atoms with Crippen molar-refractivity contribution in [1.82, 2.24) is 9.80 Å². The smallest absolute Gasteiger partial charge is 0.319 e. The maximum Gasteiger partial charge on any atom is 0.319 e.